The highest BCUT2D eigenvalue weighted by Crippen LogP contribution is 2.46. The minimum absolute atomic E-state index is 0.0252. The highest BCUT2D eigenvalue weighted by molar-refractivity contribution is 7.22. The average molecular weight is 549 g/mol. The highest BCUT2D eigenvalue weighted by atomic mass is 35.5. The molecule has 38 heavy (non-hydrogen) atoms. The summed E-state index contributed by atoms with van der Waals surface area (Å²) in [6.45, 7) is 6.50. The molecule has 194 valence electrons. The Labute approximate surface area is 228 Å². The molecule has 1 N–H and O–H groups in total. The van der Waals surface area contributed by atoms with Gasteiger partial charge in [0.1, 0.15) is 5.76 Å². The lowest BCUT2D eigenvalue weighted by Crippen LogP contribution is -2.29. The third-order valence-electron chi connectivity index (χ3n) is 6.20. The number of Topliss-reactive ketones (excluding diaryl/α,β-unsaturated/α-hetero) is 1. The zero-order chi connectivity index (χ0) is 27.0. The summed E-state index contributed by atoms with van der Waals surface area (Å²) in [5.74, 6) is -0.809. The van der Waals surface area contributed by atoms with Gasteiger partial charge in [0.25, 0.3) is 5.78 Å². The third kappa shape index (κ3) is 4.61. The van der Waals surface area contributed by atoms with E-state index in [0.717, 1.165) is 10.3 Å². The highest BCUT2D eigenvalue weighted by Gasteiger charge is 2.48. The van der Waals surface area contributed by atoms with Crippen molar-refractivity contribution in [1.82, 2.24) is 4.98 Å². The molecule has 1 unspecified atom stereocenters. The second-order valence-corrected chi connectivity index (χ2v) is 10.2. The minimum atomic E-state index is -0.942. The molecule has 1 aromatic heterocycles. The summed E-state index contributed by atoms with van der Waals surface area (Å²) in [5, 5.41) is 12.2. The summed E-state index contributed by atoms with van der Waals surface area (Å²) in [5.41, 5.74) is 2.63. The van der Waals surface area contributed by atoms with E-state index in [0.29, 0.717) is 51.5 Å². The number of rotatable bonds is 7. The predicted molar refractivity (Wildman–Crippen MR) is 149 cm³/mol. The molecule has 4 aromatic rings. The van der Waals surface area contributed by atoms with Gasteiger partial charge in [0, 0.05) is 10.6 Å². The molecule has 0 spiro atoms. The number of nitrogens with zero attached hydrogens (tertiary/aromatic N) is 2. The largest absolute Gasteiger partial charge is 0.507 e. The molecular formula is C29H25ClN2O5S. The second-order valence-electron chi connectivity index (χ2n) is 8.72. The molecule has 1 aliphatic heterocycles. The number of hydrogen-bond donors (Lipinski definition) is 1. The Kier molecular flexibility index (Phi) is 7.10. The zero-order valence-corrected chi connectivity index (χ0v) is 22.6. The van der Waals surface area contributed by atoms with Crippen molar-refractivity contribution in [2.75, 3.05) is 18.1 Å². The Morgan fingerprint density at radius 3 is 2.42 bits per heavy atom. The van der Waals surface area contributed by atoms with Gasteiger partial charge >= 0.3 is 5.91 Å². The molecule has 2 heterocycles. The molecule has 5 rings (SSSR count). The van der Waals surface area contributed by atoms with Crippen LogP contribution in [0.3, 0.4) is 0 Å². The van der Waals surface area contributed by atoms with Gasteiger partial charge in [-0.05, 0) is 56.7 Å². The molecule has 0 saturated carbocycles. The van der Waals surface area contributed by atoms with Gasteiger partial charge in [0.15, 0.2) is 16.6 Å². The van der Waals surface area contributed by atoms with Crippen LogP contribution >= 0.6 is 22.9 Å². The van der Waals surface area contributed by atoms with Crippen LogP contribution in [0.2, 0.25) is 5.02 Å². The quantitative estimate of drug-likeness (QED) is 0.157. The first-order valence-corrected chi connectivity index (χ1v) is 13.4. The van der Waals surface area contributed by atoms with Gasteiger partial charge in [-0.15, -0.1) is 0 Å². The first-order valence-electron chi connectivity index (χ1n) is 12.2. The third-order valence-corrected chi connectivity index (χ3v) is 7.45. The van der Waals surface area contributed by atoms with E-state index >= 15 is 0 Å². The normalized spacial score (nSPS) is 16.8. The number of hydrogen-bond acceptors (Lipinski definition) is 7. The predicted octanol–water partition coefficient (Wildman–Crippen LogP) is 6.68. The lowest BCUT2D eigenvalue weighted by atomic mass is 9.95. The maximum atomic E-state index is 13.5. The lowest BCUT2D eigenvalue weighted by molar-refractivity contribution is -0.132. The molecule has 1 atom stereocenters. The summed E-state index contributed by atoms with van der Waals surface area (Å²) < 4.78 is 12.3. The molecule has 9 heteroatoms. The molecule has 1 saturated heterocycles. The number of halogens is 1. The van der Waals surface area contributed by atoms with Crippen LogP contribution in [0.25, 0.3) is 16.0 Å². The summed E-state index contributed by atoms with van der Waals surface area (Å²) in [6, 6.07) is 16.7. The molecule has 1 aliphatic rings. The SMILES string of the molecule is CCOc1ccc(C2/C(=C(\O)c3ccc(C)cc3)C(=O)C(=O)N2c2nc3ccc(Cl)cc3s2)cc1OCC. The van der Waals surface area contributed by atoms with Crippen molar-refractivity contribution >= 4 is 55.7 Å². The molecule has 0 radical (unpaired) electrons. The number of amides is 1. The monoisotopic (exact) mass is 548 g/mol. The fourth-order valence-corrected chi connectivity index (χ4v) is 5.71. The smallest absolute Gasteiger partial charge is 0.301 e. The van der Waals surface area contributed by atoms with Gasteiger partial charge < -0.3 is 14.6 Å². The Balaban J connectivity index is 1.73. The molecule has 7 nitrogen and oxygen atoms in total. The number of benzene rings is 3. The fourth-order valence-electron chi connectivity index (χ4n) is 4.44. The molecule has 1 fully saturated rings. The molecule has 3 aromatic carbocycles. The van der Waals surface area contributed by atoms with Crippen LogP contribution in [0.1, 0.15) is 36.6 Å². The average Bonchev–Trinajstić information content (AvgIpc) is 3.43. The number of aryl methyl sites for hydroxylation is 1. The number of fused-ring (bicyclic) bond motifs is 1. The molecular weight excluding hydrogens is 524 g/mol. The van der Waals surface area contributed by atoms with Gasteiger partial charge in [-0.3, -0.25) is 14.5 Å². The Bertz CT molecular complexity index is 1580. The number of carbonyl (C=O) groups is 2. The van der Waals surface area contributed by atoms with E-state index in [1.54, 1.807) is 48.5 Å². The van der Waals surface area contributed by atoms with E-state index in [1.807, 2.05) is 32.9 Å². The first-order chi connectivity index (χ1) is 18.3. The van der Waals surface area contributed by atoms with Crippen molar-refractivity contribution in [3.63, 3.8) is 0 Å². The number of anilines is 1. The van der Waals surface area contributed by atoms with Crippen LogP contribution < -0.4 is 14.4 Å². The van der Waals surface area contributed by atoms with Crippen LogP contribution in [0, 0.1) is 6.92 Å². The molecule has 1 amide bonds. The van der Waals surface area contributed by atoms with E-state index in [4.69, 9.17) is 21.1 Å². The summed E-state index contributed by atoms with van der Waals surface area (Å²) in [4.78, 5) is 33.0. The van der Waals surface area contributed by atoms with Gasteiger partial charge in [-0.1, -0.05) is 58.8 Å². The number of aliphatic hydroxyl groups excluding tert-OH is 1. The van der Waals surface area contributed by atoms with Gasteiger partial charge in [-0.25, -0.2) is 4.98 Å². The zero-order valence-electron chi connectivity index (χ0n) is 21.0. The van der Waals surface area contributed by atoms with Crippen LogP contribution in [-0.2, 0) is 9.59 Å². The van der Waals surface area contributed by atoms with Gasteiger partial charge in [-0.2, -0.15) is 0 Å². The maximum absolute atomic E-state index is 13.5. The summed E-state index contributed by atoms with van der Waals surface area (Å²) in [6.07, 6.45) is 0. The van der Waals surface area contributed by atoms with Crippen LogP contribution in [0.4, 0.5) is 5.13 Å². The topological polar surface area (TPSA) is 89.0 Å². The maximum Gasteiger partial charge on any atom is 0.301 e. The number of thiazole rings is 1. The minimum Gasteiger partial charge on any atom is -0.507 e. The van der Waals surface area contributed by atoms with E-state index in [9.17, 15) is 14.7 Å². The molecule has 0 bridgehead atoms. The van der Waals surface area contributed by atoms with Gasteiger partial charge in [0.2, 0.25) is 0 Å². The van der Waals surface area contributed by atoms with Crippen molar-refractivity contribution in [1.29, 1.82) is 0 Å². The Morgan fingerprint density at radius 2 is 1.71 bits per heavy atom. The number of aliphatic hydroxyl groups is 1. The number of carbonyl (C=O) groups excluding carboxylic acids is 2. The van der Waals surface area contributed by atoms with Crippen molar-refractivity contribution in [2.45, 2.75) is 26.8 Å². The van der Waals surface area contributed by atoms with Crippen molar-refractivity contribution in [3.8, 4) is 11.5 Å². The Hall–Kier alpha value is -3.88. The lowest BCUT2D eigenvalue weighted by Gasteiger charge is -2.24. The Morgan fingerprint density at radius 1 is 1.00 bits per heavy atom. The van der Waals surface area contributed by atoms with Crippen molar-refractivity contribution in [3.05, 3.63) is 87.9 Å². The van der Waals surface area contributed by atoms with E-state index in [1.165, 1.54) is 16.2 Å². The van der Waals surface area contributed by atoms with Crippen LogP contribution in [-0.4, -0.2) is 35.0 Å². The summed E-state index contributed by atoms with van der Waals surface area (Å²) >= 11 is 7.42. The number of aromatic nitrogens is 1. The van der Waals surface area contributed by atoms with Crippen molar-refractivity contribution in [2.24, 2.45) is 0 Å². The fraction of sp³-hybridized carbons (Fsp3) is 0.207. The van der Waals surface area contributed by atoms with Crippen LogP contribution in [0.5, 0.6) is 11.5 Å². The van der Waals surface area contributed by atoms with Gasteiger partial charge in [0.05, 0.1) is 35.0 Å². The number of ether oxygens (including phenoxy) is 2. The van der Waals surface area contributed by atoms with E-state index < -0.39 is 17.7 Å². The molecule has 0 aliphatic carbocycles. The van der Waals surface area contributed by atoms with Crippen molar-refractivity contribution < 1.29 is 24.2 Å². The van der Waals surface area contributed by atoms with E-state index in [2.05, 4.69) is 4.98 Å². The van der Waals surface area contributed by atoms with Crippen LogP contribution in [0.15, 0.2) is 66.2 Å². The number of ketones is 1. The standard InChI is InChI=1S/C29H25ClN2O5S/c1-4-36-21-13-10-18(14-22(21)37-5-2)25-24(26(33)17-8-6-16(3)7-9-17)27(34)28(35)32(25)29-31-20-12-11-19(30)15-23(20)38-29/h6-15,25,33H,4-5H2,1-3H3/b26-24+. The summed E-state index contributed by atoms with van der Waals surface area (Å²) in [7, 11) is 0. The second kappa shape index (κ2) is 10.5. The van der Waals surface area contributed by atoms with E-state index in [-0.39, 0.29) is 11.3 Å². The first kappa shape index (κ1) is 25.8.